The minimum absolute atomic E-state index is 0.138. The lowest BCUT2D eigenvalue weighted by Gasteiger charge is -2.24. The Morgan fingerprint density at radius 2 is 2.19 bits per heavy atom. The lowest BCUT2D eigenvalue weighted by molar-refractivity contribution is -0.126. The van der Waals surface area contributed by atoms with Crippen LogP contribution in [0, 0.1) is 0 Å². The monoisotopic (exact) mass is 225 g/mol. The van der Waals surface area contributed by atoms with E-state index in [9.17, 15) is 4.79 Å². The smallest absolute Gasteiger partial charge is 0.240 e. The molecule has 0 atom stereocenters. The summed E-state index contributed by atoms with van der Waals surface area (Å²) < 4.78 is 1.76. The fraction of sp³-hybridized carbons (Fsp3) is 0.700. The van der Waals surface area contributed by atoms with Crippen molar-refractivity contribution >= 4 is 5.91 Å². The lowest BCUT2D eigenvalue weighted by atomic mass is 9.93. The minimum Gasteiger partial charge on any atom is -0.347 e. The Hall–Kier alpha value is -1.43. The van der Waals surface area contributed by atoms with Crippen molar-refractivity contribution in [3.05, 3.63) is 12.2 Å². The van der Waals surface area contributed by atoms with Crippen LogP contribution in [0.1, 0.15) is 32.5 Å². The number of amides is 1. The first-order valence-corrected chi connectivity index (χ1v) is 5.43. The van der Waals surface area contributed by atoms with Gasteiger partial charge < -0.3 is 15.6 Å². The van der Waals surface area contributed by atoms with Crippen LogP contribution in [0.25, 0.3) is 0 Å². The Kier molecular flexibility index (Phi) is 4.00. The van der Waals surface area contributed by atoms with Crippen molar-refractivity contribution in [2.45, 2.75) is 38.8 Å². The summed E-state index contributed by atoms with van der Waals surface area (Å²) in [6.45, 7) is 4.17. The summed E-state index contributed by atoms with van der Waals surface area (Å²) in [7, 11) is 1.83. The molecule has 0 bridgehead atoms. The standard InChI is InChI=1S/C10H19N5O/c1-4-10(11,5-2)9(16)12-6-8-14-13-7-15(8)3/h7H,4-6,11H2,1-3H3,(H,12,16). The van der Waals surface area contributed by atoms with Gasteiger partial charge in [-0.2, -0.15) is 0 Å². The number of aryl methyl sites for hydroxylation is 1. The van der Waals surface area contributed by atoms with Crippen molar-refractivity contribution in [3.63, 3.8) is 0 Å². The first-order chi connectivity index (χ1) is 7.53. The predicted molar refractivity (Wildman–Crippen MR) is 60.4 cm³/mol. The van der Waals surface area contributed by atoms with Crippen LogP contribution >= 0.6 is 0 Å². The number of nitrogens with one attached hydrogen (secondary N) is 1. The first kappa shape index (κ1) is 12.6. The Labute approximate surface area is 95.2 Å². The average molecular weight is 225 g/mol. The summed E-state index contributed by atoms with van der Waals surface area (Å²) in [5.41, 5.74) is 5.18. The molecule has 0 spiro atoms. The molecule has 1 aromatic rings. The highest BCUT2D eigenvalue weighted by Crippen LogP contribution is 2.11. The third-order valence-electron chi connectivity index (χ3n) is 2.93. The minimum atomic E-state index is -0.779. The van der Waals surface area contributed by atoms with Gasteiger partial charge in [0.1, 0.15) is 6.33 Å². The number of hydrogen-bond donors (Lipinski definition) is 2. The maximum absolute atomic E-state index is 11.8. The molecule has 90 valence electrons. The van der Waals surface area contributed by atoms with Crippen LogP contribution in [0.5, 0.6) is 0 Å². The van der Waals surface area contributed by atoms with E-state index >= 15 is 0 Å². The number of nitrogens with two attached hydrogens (primary N) is 1. The van der Waals surface area contributed by atoms with E-state index in [1.54, 1.807) is 10.9 Å². The van der Waals surface area contributed by atoms with Gasteiger partial charge in [0, 0.05) is 7.05 Å². The summed E-state index contributed by atoms with van der Waals surface area (Å²) in [5.74, 6) is 0.573. The van der Waals surface area contributed by atoms with Gasteiger partial charge in [0.15, 0.2) is 5.82 Å². The van der Waals surface area contributed by atoms with Crippen LogP contribution in [0.4, 0.5) is 0 Å². The van der Waals surface area contributed by atoms with Gasteiger partial charge in [-0.1, -0.05) is 13.8 Å². The number of carbonyl (C=O) groups is 1. The van der Waals surface area contributed by atoms with Gasteiger partial charge in [-0.3, -0.25) is 4.79 Å². The van der Waals surface area contributed by atoms with Crippen molar-refractivity contribution in [1.82, 2.24) is 20.1 Å². The van der Waals surface area contributed by atoms with Crippen molar-refractivity contribution in [2.75, 3.05) is 0 Å². The van der Waals surface area contributed by atoms with Crippen molar-refractivity contribution in [2.24, 2.45) is 12.8 Å². The number of carbonyl (C=O) groups excluding carboxylic acids is 1. The van der Waals surface area contributed by atoms with Gasteiger partial charge in [-0.15, -0.1) is 10.2 Å². The summed E-state index contributed by atoms with van der Waals surface area (Å²) >= 11 is 0. The summed E-state index contributed by atoms with van der Waals surface area (Å²) in [4.78, 5) is 11.8. The largest absolute Gasteiger partial charge is 0.347 e. The molecule has 3 N–H and O–H groups in total. The maximum Gasteiger partial charge on any atom is 0.240 e. The molecule has 16 heavy (non-hydrogen) atoms. The maximum atomic E-state index is 11.8. The molecule has 1 rings (SSSR count). The molecule has 0 saturated carbocycles. The van der Waals surface area contributed by atoms with E-state index in [1.165, 1.54) is 0 Å². The van der Waals surface area contributed by atoms with Crippen LogP contribution in [0.15, 0.2) is 6.33 Å². The molecular weight excluding hydrogens is 206 g/mol. The van der Waals surface area contributed by atoms with Crippen molar-refractivity contribution in [3.8, 4) is 0 Å². The van der Waals surface area contributed by atoms with E-state index in [1.807, 2.05) is 20.9 Å². The number of aromatic nitrogens is 3. The van der Waals surface area contributed by atoms with Gasteiger partial charge in [0.2, 0.25) is 5.91 Å². The zero-order valence-corrected chi connectivity index (χ0v) is 10.0. The Bertz CT molecular complexity index is 356. The zero-order chi connectivity index (χ0) is 12.2. The Balaban J connectivity index is 2.56. The van der Waals surface area contributed by atoms with Crippen molar-refractivity contribution < 1.29 is 4.79 Å². The van der Waals surface area contributed by atoms with Crippen LogP contribution < -0.4 is 11.1 Å². The number of rotatable bonds is 5. The molecule has 0 saturated heterocycles. The second kappa shape index (κ2) is 5.07. The van der Waals surface area contributed by atoms with Crippen LogP contribution in [-0.2, 0) is 18.4 Å². The molecule has 0 aliphatic rings. The number of hydrogen-bond acceptors (Lipinski definition) is 4. The second-order valence-corrected chi connectivity index (χ2v) is 3.90. The van der Waals surface area contributed by atoms with Crippen LogP contribution in [0.2, 0.25) is 0 Å². The molecular formula is C10H19N5O. The second-order valence-electron chi connectivity index (χ2n) is 3.90. The van der Waals surface area contributed by atoms with Gasteiger partial charge in [0.05, 0.1) is 12.1 Å². The fourth-order valence-corrected chi connectivity index (χ4v) is 1.37. The quantitative estimate of drug-likeness (QED) is 0.735. The SMILES string of the molecule is CCC(N)(CC)C(=O)NCc1nncn1C. The van der Waals surface area contributed by atoms with E-state index in [4.69, 9.17) is 5.73 Å². The first-order valence-electron chi connectivity index (χ1n) is 5.43. The fourth-order valence-electron chi connectivity index (χ4n) is 1.37. The molecule has 0 unspecified atom stereocenters. The van der Waals surface area contributed by atoms with Crippen molar-refractivity contribution in [1.29, 1.82) is 0 Å². The highest BCUT2D eigenvalue weighted by atomic mass is 16.2. The molecule has 0 aliphatic heterocycles. The van der Waals surface area contributed by atoms with Crippen LogP contribution in [0.3, 0.4) is 0 Å². The third kappa shape index (κ3) is 2.57. The third-order valence-corrected chi connectivity index (χ3v) is 2.93. The van der Waals surface area contributed by atoms with Gasteiger partial charge in [-0.05, 0) is 12.8 Å². The Morgan fingerprint density at radius 1 is 1.56 bits per heavy atom. The highest BCUT2D eigenvalue weighted by molar-refractivity contribution is 5.85. The molecule has 6 heteroatoms. The summed E-state index contributed by atoms with van der Waals surface area (Å²) in [6, 6.07) is 0. The molecule has 0 aromatic carbocycles. The van der Waals surface area contributed by atoms with Gasteiger partial charge in [0.25, 0.3) is 0 Å². The van der Waals surface area contributed by atoms with Gasteiger partial charge in [-0.25, -0.2) is 0 Å². The van der Waals surface area contributed by atoms with Crippen LogP contribution in [-0.4, -0.2) is 26.2 Å². The topological polar surface area (TPSA) is 85.8 Å². The molecule has 0 aliphatic carbocycles. The van der Waals surface area contributed by atoms with E-state index < -0.39 is 5.54 Å². The normalized spacial score (nSPS) is 11.5. The molecule has 1 aromatic heterocycles. The molecule has 1 amide bonds. The Morgan fingerprint density at radius 3 is 2.62 bits per heavy atom. The average Bonchev–Trinajstić information content (AvgIpc) is 2.70. The molecule has 0 fully saturated rings. The zero-order valence-electron chi connectivity index (χ0n) is 10.0. The summed E-state index contributed by atoms with van der Waals surface area (Å²) in [5, 5.41) is 10.4. The van der Waals surface area contributed by atoms with E-state index in [0.29, 0.717) is 25.2 Å². The van der Waals surface area contributed by atoms with E-state index in [-0.39, 0.29) is 5.91 Å². The van der Waals surface area contributed by atoms with E-state index in [0.717, 1.165) is 0 Å². The number of nitrogens with zero attached hydrogens (tertiary/aromatic N) is 3. The summed E-state index contributed by atoms with van der Waals surface area (Å²) in [6.07, 6.45) is 2.83. The molecule has 0 radical (unpaired) electrons. The predicted octanol–water partition coefficient (Wildman–Crippen LogP) is -0.0512. The lowest BCUT2D eigenvalue weighted by Crippen LogP contribution is -2.53. The molecule has 6 nitrogen and oxygen atoms in total. The van der Waals surface area contributed by atoms with Gasteiger partial charge >= 0.3 is 0 Å². The van der Waals surface area contributed by atoms with E-state index in [2.05, 4.69) is 15.5 Å². The molecule has 1 heterocycles. The highest BCUT2D eigenvalue weighted by Gasteiger charge is 2.29.